The quantitative estimate of drug-likeness (QED) is 0.409. The van der Waals surface area contributed by atoms with E-state index in [0.29, 0.717) is 17.9 Å². The van der Waals surface area contributed by atoms with Crippen LogP contribution >= 0.6 is 0 Å². The zero-order valence-corrected chi connectivity index (χ0v) is 13.6. The number of carbonyl (C=O) groups is 1. The van der Waals surface area contributed by atoms with E-state index in [2.05, 4.69) is 6.92 Å². The monoisotopic (exact) mass is 314 g/mol. The SMILES string of the molecule is CCCCCOc1ccc(C(=O)Oc2ccc(OC)cc2)cc1. The molecule has 0 fully saturated rings. The van der Waals surface area contributed by atoms with Gasteiger partial charge in [-0.3, -0.25) is 0 Å². The first kappa shape index (κ1) is 16.9. The lowest BCUT2D eigenvalue weighted by molar-refractivity contribution is 0.0734. The third-order valence-corrected chi connectivity index (χ3v) is 3.38. The van der Waals surface area contributed by atoms with Crippen molar-refractivity contribution >= 4 is 5.97 Å². The first-order valence-electron chi connectivity index (χ1n) is 7.82. The first-order chi connectivity index (χ1) is 11.2. The summed E-state index contributed by atoms with van der Waals surface area (Å²) in [6, 6.07) is 13.9. The van der Waals surface area contributed by atoms with Crippen LogP contribution in [0.1, 0.15) is 36.5 Å². The minimum atomic E-state index is -0.396. The van der Waals surface area contributed by atoms with Crippen LogP contribution in [0.3, 0.4) is 0 Å². The van der Waals surface area contributed by atoms with Crippen molar-refractivity contribution in [3.05, 3.63) is 54.1 Å². The maximum Gasteiger partial charge on any atom is 0.343 e. The van der Waals surface area contributed by atoms with E-state index >= 15 is 0 Å². The molecule has 0 bridgehead atoms. The Morgan fingerprint density at radius 3 is 2.09 bits per heavy atom. The fourth-order valence-electron chi connectivity index (χ4n) is 2.04. The molecule has 0 aliphatic heterocycles. The predicted octanol–water partition coefficient (Wildman–Crippen LogP) is 4.48. The Hall–Kier alpha value is -2.49. The first-order valence-corrected chi connectivity index (χ1v) is 7.82. The van der Waals surface area contributed by atoms with Gasteiger partial charge in [0.25, 0.3) is 0 Å². The smallest absolute Gasteiger partial charge is 0.343 e. The number of benzene rings is 2. The normalized spacial score (nSPS) is 10.2. The van der Waals surface area contributed by atoms with Gasteiger partial charge in [0.1, 0.15) is 17.2 Å². The maximum absolute atomic E-state index is 12.1. The van der Waals surface area contributed by atoms with Crippen LogP contribution in [0, 0.1) is 0 Å². The second-order valence-corrected chi connectivity index (χ2v) is 5.14. The van der Waals surface area contributed by atoms with Crippen molar-refractivity contribution in [1.82, 2.24) is 0 Å². The summed E-state index contributed by atoms with van der Waals surface area (Å²) < 4.78 is 16.0. The summed E-state index contributed by atoms with van der Waals surface area (Å²) in [4.78, 5) is 12.1. The molecule has 23 heavy (non-hydrogen) atoms. The average molecular weight is 314 g/mol. The summed E-state index contributed by atoms with van der Waals surface area (Å²) in [6.45, 7) is 2.85. The molecule has 0 saturated carbocycles. The Morgan fingerprint density at radius 2 is 1.48 bits per heavy atom. The van der Waals surface area contributed by atoms with Crippen LogP contribution in [0.5, 0.6) is 17.2 Å². The molecule has 0 radical (unpaired) electrons. The largest absolute Gasteiger partial charge is 0.497 e. The Labute approximate surface area is 137 Å². The topological polar surface area (TPSA) is 44.8 Å². The van der Waals surface area contributed by atoms with E-state index in [1.54, 1.807) is 55.6 Å². The highest BCUT2D eigenvalue weighted by Crippen LogP contribution is 2.19. The van der Waals surface area contributed by atoms with Crippen LogP contribution in [0.4, 0.5) is 0 Å². The van der Waals surface area contributed by atoms with E-state index in [0.717, 1.165) is 24.3 Å². The molecule has 122 valence electrons. The predicted molar refractivity (Wildman–Crippen MR) is 89.4 cm³/mol. The van der Waals surface area contributed by atoms with Gasteiger partial charge in [-0.25, -0.2) is 4.79 Å². The Bertz CT molecular complexity index is 602. The van der Waals surface area contributed by atoms with Crippen molar-refractivity contribution < 1.29 is 19.0 Å². The van der Waals surface area contributed by atoms with Crippen LogP contribution < -0.4 is 14.2 Å². The minimum Gasteiger partial charge on any atom is -0.497 e. The lowest BCUT2D eigenvalue weighted by Gasteiger charge is -2.08. The molecule has 2 aromatic carbocycles. The molecular weight excluding hydrogens is 292 g/mol. The number of carbonyl (C=O) groups excluding carboxylic acids is 1. The standard InChI is InChI=1S/C19H22O4/c1-3-4-5-14-22-17-8-6-15(7-9-17)19(20)23-18-12-10-16(21-2)11-13-18/h6-13H,3-5,14H2,1-2H3. The molecule has 2 aromatic rings. The van der Waals surface area contributed by atoms with E-state index in [9.17, 15) is 4.79 Å². The van der Waals surface area contributed by atoms with E-state index in [1.165, 1.54) is 6.42 Å². The minimum absolute atomic E-state index is 0.396. The average Bonchev–Trinajstić information content (AvgIpc) is 2.60. The van der Waals surface area contributed by atoms with Crippen LogP contribution in [0.25, 0.3) is 0 Å². The van der Waals surface area contributed by atoms with Crippen LogP contribution in [0.2, 0.25) is 0 Å². The van der Waals surface area contributed by atoms with Crippen molar-refractivity contribution in [1.29, 1.82) is 0 Å². The molecule has 0 amide bonds. The van der Waals surface area contributed by atoms with E-state index in [-0.39, 0.29) is 0 Å². The molecule has 0 aliphatic rings. The van der Waals surface area contributed by atoms with Gasteiger partial charge in [0, 0.05) is 0 Å². The van der Waals surface area contributed by atoms with Gasteiger partial charge >= 0.3 is 5.97 Å². The third kappa shape index (κ3) is 5.33. The Kier molecular flexibility index (Phi) is 6.48. The highest BCUT2D eigenvalue weighted by Gasteiger charge is 2.09. The molecule has 0 unspecified atom stereocenters. The van der Waals surface area contributed by atoms with E-state index < -0.39 is 5.97 Å². The zero-order valence-electron chi connectivity index (χ0n) is 13.6. The number of methoxy groups -OCH3 is 1. The zero-order chi connectivity index (χ0) is 16.5. The van der Waals surface area contributed by atoms with Gasteiger partial charge in [-0.2, -0.15) is 0 Å². The molecule has 4 nitrogen and oxygen atoms in total. The second-order valence-electron chi connectivity index (χ2n) is 5.14. The maximum atomic E-state index is 12.1. The van der Waals surface area contributed by atoms with Crippen molar-refractivity contribution in [3.8, 4) is 17.2 Å². The van der Waals surface area contributed by atoms with E-state index in [4.69, 9.17) is 14.2 Å². The number of esters is 1. The summed E-state index contributed by atoms with van der Waals surface area (Å²) in [7, 11) is 1.59. The Morgan fingerprint density at radius 1 is 0.870 bits per heavy atom. The second kappa shape index (κ2) is 8.83. The lowest BCUT2D eigenvalue weighted by atomic mass is 10.2. The number of hydrogen-bond donors (Lipinski definition) is 0. The summed E-state index contributed by atoms with van der Waals surface area (Å²) in [5, 5.41) is 0. The summed E-state index contributed by atoms with van der Waals surface area (Å²) in [6.07, 6.45) is 3.36. The fourth-order valence-corrected chi connectivity index (χ4v) is 2.04. The van der Waals surface area contributed by atoms with Crippen molar-refractivity contribution in [2.75, 3.05) is 13.7 Å². The molecule has 0 aromatic heterocycles. The van der Waals surface area contributed by atoms with Gasteiger partial charge in [0.2, 0.25) is 0 Å². The molecule has 2 rings (SSSR count). The van der Waals surface area contributed by atoms with Crippen molar-refractivity contribution in [2.45, 2.75) is 26.2 Å². The van der Waals surface area contributed by atoms with Gasteiger partial charge < -0.3 is 14.2 Å². The summed E-state index contributed by atoms with van der Waals surface area (Å²) in [5.74, 6) is 1.57. The van der Waals surface area contributed by atoms with Crippen molar-refractivity contribution in [3.63, 3.8) is 0 Å². The number of unbranched alkanes of at least 4 members (excludes halogenated alkanes) is 2. The molecule has 0 spiro atoms. The van der Waals surface area contributed by atoms with Crippen LogP contribution in [-0.4, -0.2) is 19.7 Å². The Balaban J connectivity index is 1.88. The van der Waals surface area contributed by atoms with Gasteiger partial charge in [-0.15, -0.1) is 0 Å². The van der Waals surface area contributed by atoms with Crippen LogP contribution in [-0.2, 0) is 0 Å². The number of ether oxygens (including phenoxy) is 3. The van der Waals surface area contributed by atoms with E-state index in [1.807, 2.05) is 0 Å². The highest BCUT2D eigenvalue weighted by atomic mass is 16.5. The molecule has 0 heterocycles. The molecular formula is C19H22O4. The number of rotatable bonds is 8. The molecule has 0 aliphatic carbocycles. The third-order valence-electron chi connectivity index (χ3n) is 3.38. The number of hydrogen-bond acceptors (Lipinski definition) is 4. The highest BCUT2D eigenvalue weighted by molar-refractivity contribution is 5.91. The van der Waals surface area contributed by atoms with Gasteiger partial charge in [0.15, 0.2) is 0 Å². The fraction of sp³-hybridized carbons (Fsp3) is 0.316. The van der Waals surface area contributed by atoms with Gasteiger partial charge in [-0.1, -0.05) is 19.8 Å². The lowest BCUT2D eigenvalue weighted by Crippen LogP contribution is -2.08. The van der Waals surface area contributed by atoms with Crippen molar-refractivity contribution in [2.24, 2.45) is 0 Å². The summed E-state index contributed by atoms with van der Waals surface area (Å²) in [5.41, 5.74) is 0.488. The molecule has 0 atom stereocenters. The summed E-state index contributed by atoms with van der Waals surface area (Å²) >= 11 is 0. The van der Waals surface area contributed by atoms with Crippen LogP contribution in [0.15, 0.2) is 48.5 Å². The van der Waals surface area contributed by atoms with Gasteiger partial charge in [-0.05, 0) is 55.0 Å². The molecule has 0 saturated heterocycles. The van der Waals surface area contributed by atoms with Gasteiger partial charge in [0.05, 0.1) is 19.3 Å². The molecule has 4 heteroatoms. The molecule has 0 N–H and O–H groups in total.